The van der Waals surface area contributed by atoms with Crippen LogP contribution in [0.25, 0.3) is 0 Å². The van der Waals surface area contributed by atoms with E-state index < -0.39 is 0 Å². The number of nitrogens with zero attached hydrogens (tertiary/aromatic N) is 1. The van der Waals surface area contributed by atoms with Gasteiger partial charge < -0.3 is 14.0 Å². The van der Waals surface area contributed by atoms with Crippen molar-refractivity contribution in [2.24, 2.45) is 0 Å². The second-order valence-electron chi connectivity index (χ2n) is 11.2. The Morgan fingerprint density at radius 2 is 1.11 bits per heavy atom. The summed E-state index contributed by atoms with van der Waals surface area (Å²) in [5.41, 5.74) is 0.927. The van der Waals surface area contributed by atoms with Crippen molar-refractivity contribution in [2.45, 2.75) is 137 Å². The van der Waals surface area contributed by atoms with Gasteiger partial charge in [-0.1, -0.05) is 121 Å². The Morgan fingerprint density at radius 3 is 1.61 bits per heavy atom. The highest BCUT2D eigenvalue weighted by Crippen LogP contribution is 2.20. The maximum Gasteiger partial charge on any atom is 0.310 e. The van der Waals surface area contributed by atoms with E-state index in [4.69, 9.17) is 9.47 Å². The molecule has 4 nitrogen and oxygen atoms in total. The summed E-state index contributed by atoms with van der Waals surface area (Å²) in [7, 11) is 0. The van der Waals surface area contributed by atoms with Gasteiger partial charge in [0.15, 0.2) is 0 Å². The van der Waals surface area contributed by atoms with Gasteiger partial charge in [0.25, 0.3) is 0 Å². The third-order valence-corrected chi connectivity index (χ3v) is 8.40. The zero-order valence-electron chi connectivity index (χ0n) is 25.7. The molecular formula is C34H62NO3+. The van der Waals surface area contributed by atoms with Crippen LogP contribution < -0.4 is 4.74 Å². The van der Waals surface area contributed by atoms with E-state index in [0.717, 1.165) is 48.4 Å². The normalized spacial score (nSPS) is 11.6. The van der Waals surface area contributed by atoms with Gasteiger partial charge in [0.2, 0.25) is 0 Å². The largest absolute Gasteiger partial charge is 0.493 e. The number of unbranched alkanes of at least 4 members (excludes halogenated alkanes) is 15. The Morgan fingerprint density at radius 1 is 0.632 bits per heavy atom. The smallest absolute Gasteiger partial charge is 0.310 e. The van der Waals surface area contributed by atoms with E-state index >= 15 is 0 Å². The summed E-state index contributed by atoms with van der Waals surface area (Å²) < 4.78 is 12.6. The summed E-state index contributed by atoms with van der Waals surface area (Å²) in [4.78, 5) is 12.5. The molecule has 1 aromatic carbocycles. The molecule has 0 unspecified atom stereocenters. The maximum atomic E-state index is 12.5. The van der Waals surface area contributed by atoms with Gasteiger partial charge >= 0.3 is 5.97 Å². The zero-order valence-corrected chi connectivity index (χ0v) is 25.7. The molecule has 0 aliphatic heterocycles. The lowest BCUT2D eigenvalue weighted by Gasteiger charge is -2.35. The molecule has 38 heavy (non-hydrogen) atoms. The number of benzene rings is 1. The SMILES string of the molecule is CCCCCCCCCCCCCCCCCCOc1ccccc1CC(=O)OCC[N+](CC)(CC)CC. The predicted molar refractivity (Wildman–Crippen MR) is 163 cm³/mol. The van der Waals surface area contributed by atoms with Crippen LogP contribution in [0.1, 0.15) is 136 Å². The van der Waals surface area contributed by atoms with E-state index in [1.807, 2.05) is 24.3 Å². The Kier molecular flexibility index (Phi) is 21.2. The number of carbonyl (C=O) groups is 1. The lowest BCUT2D eigenvalue weighted by atomic mass is 10.0. The molecular weight excluding hydrogens is 470 g/mol. The van der Waals surface area contributed by atoms with Gasteiger partial charge in [-0.3, -0.25) is 4.79 Å². The number of rotatable bonds is 26. The zero-order chi connectivity index (χ0) is 27.7. The van der Waals surface area contributed by atoms with Gasteiger partial charge in [-0.15, -0.1) is 0 Å². The average molecular weight is 533 g/mol. The summed E-state index contributed by atoms with van der Waals surface area (Å²) in [5.74, 6) is 0.663. The van der Waals surface area contributed by atoms with Crippen LogP contribution in [0.15, 0.2) is 24.3 Å². The number of quaternary nitrogens is 1. The number of ether oxygens (including phenoxy) is 2. The highest BCUT2D eigenvalue weighted by atomic mass is 16.5. The van der Waals surface area contributed by atoms with Crippen LogP contribution in [-0.4, -0.2) is 49.8 Å². The molecule has 4 heteroatoms. The number of carbonyl (C=O) groups excluding carboxylic acids is 1. The minimum atomic E-state index is -0.162. The Bertz CT molecular complexity index is 678. The quantitative estimate of drug-likeness (QED) is 0.0677. The van der Waals surface area contributed by atoms with E-state index in [-0.39, 0.29) is 12.4 Å². The number of hydrogen-bond acceptors (Lipinski definition) is 3. The first-order valence-corrected chi connectivity index (χ1v) is 16.3. The molecule has 0 saturated carbocycles. The van der Waals surface area contributed by atoms with Crippen LogP contribution in [-0.2, 0) is 16.0 Å². The summed E-state index contributed by atoms with van der Waals surface area (Å²) in [6.07, 6.45) is 22.2. The minimum absolute atomic E-state index is 0.162. The molecule has 1 aromatic rings. The second kappa shape index (κ2) is 23.3. The van der Waals surface area contributed by atoms with Crippen molar-refractivity contribution in [3.63, 3.8) is 0 Å². The van der Waals surface area contributed by atoms with Crippen LogP contribution in [0.3, 0.4) is 0 Å². The molecule has 220 valence electrons. The maximum absolute atomic E-state index is 12.5. The van der Waals surface area contributed by atoms with E-state index in [9.17, 15) is 4.79 Å². The summed E-state index contributed by atoms with van der Waals surface area (Å²) in [5, 5.41) is 0. The van der Waals surface area contributed by atoms with Crippen LogP contribution in [0, 0.1) is 0 Å². The van der Waals surface area contributed by atoms with E-state index in [2.05, 4.69) is 27.7 Å². The van der Waals surface area contributed by atoms with Gasteiger partial charge in [-0.2, -0.15) is 0 Å². The Balaban J connectivity index is 2.07. The second-order valence-corrected chi connectivity index (χ2v) is 11.2. The standard InChI is InChI=1S/C34H62NO3/c1-5-9-10-11-12-13-14-15-16-17-18-19-20-21-22-25-29-37-33-27-24-23-26-32(33)31-34(36)38-30-28-35(6-2,7-3)8-4/h23-24,26-27H,5-22,25,28-31H2,1-4H3/q+1. The van der Waals surface area contributed by atoms with Gasteiger partial charge in [0.05, 0.1) is 32.7 Å². The predicted octanol–water partition coefficient (Wildman–Crippen LogP) is 9.29. The van der Waals surface area contributed by atoms with Crippen molar-refractivity contribution >= 4 is 5.97 Å². The minimum Gasteiger partial charge on any atom is -0.493 e. The molecule has 0 amide bonds. The molecule has 0 aliphatic carbocycles. The monoisotopic (exact) mass is 532 g/mol. The Labute approximate surface area is 236 Å². The first-order valence-electron chi connectivity index (χ1n) is 16.3. The molecule has 0 spiro atoms. The van der Waals surface area contributed by atoms with Crippen molar-refractivity contribution in [1.82, 2.24) is 0 Å². The lowest BCUT2D eigenvalue weighted by Crippen LogP contribution is -2.49. The Hall–Kier alpha value is -1.55. The van der Waals surface area contributed by atoms with Crippen molar-refractivity contribution in [1.29, 1.82) is 0 Å². The van der Waals surface area contributed by atoms with E-state index in [0.29, 0.717) is 13.2 Å². The first kappa shape index (κ1) is 34.5. The third-order valence-electron chi connectivity index (χ3n) is 8.40. The molecule has 0 bridgehead atoms. The fourth-order valence-corrected chi connectivity index (χ4v) is 5.33. The summed E-state index contributed by atoms with van der Waals surface area (Å²) in [6.45, 7) is 14.2. The fourth-order valence-electron chi connectivity index (χ4n) is 5.33. The molecule has 0 atom stereocenters. The van der Waals surface area contributed by atoms with Gasteiger partial charge in [-0.05, 0) is 33.3 Å². The van der Waals surface area contributed by atoms with Crippen molar-refractivity contribution in [3.8, 4) is 5.75 Å². The van der Waals surface area contributed by atoms with E-state index in [1.54, 1.807) is 0 Å². The molecule has 0 N–H and O–H groups in total. The van der Waals surface area contributed by atoms with Crippen molar-refractivity contribution in [3.05, 3.63) is 29.8 Å². The number of hydrogen-bond donors (Lipinski definition) is 0. The highest BCUT2D eigenvalue weighted by Gasteiger charge is 2.21. The third kappa shape index (κ3) is 16.4. The topological polar surface area (TPSA) is 35.5 Å². The van der Waals surface area contributed by atoms with Crippen molar-refractivity contribution in [2.75, 3.05) is 39.4 Å². The number of likely N-dealkylation sites (N-methyl/N-ethyl adjacent to an activating group) is 1. The van der Waals surface area contributed by atoms with Gasteiger partial charge in [-0.25, -0.2) is 0 Å². The van der Waals surface area contributed by atoms with Crippen LogP contribution in [0.4, 0.5) is 0 Å². The number of esters is 1. The molecule has 0 radical (unpaired) electrons. The molecule has 0 fully saturated rings. The average Bonchev–Trinajstić information content (AvgIpc) is 2.94. The van der Waals surface area contributed by atoms with Crippen molar-refractivity contribution < 1.29 is 18.8 Å². The molecule has 0 heterocycles. The van der Waals surface area contributed by atoms with Crippen LogP contribution in [0.2, 0.25) is 0 Å². The van der Waals surface area contributed by atoms with E-state index in [1.165, 1.54) is 96.3 Å². The molecule has 0 saturated heterocycles. The van der Waals surface area contributed by atoms with Crippen LogP contribution >= 0.6 is 0 Å². The summed E-state index contributed by atoms with van der Waals surface area (Å²) in [6, 6.07) is 7.90. The highest BCUT2D eigenvalue weighted by molar-refractivity contribution is 5.73. The lowest BCUT2D eigenvalue weighted by molar-refractivity contribution is -0.923. The van der Waals surface area contributed by atoms with Crippen LogP contribution in [0.5, 0.6) is 5.75 Å². The first-order chi connectivity index (χ1) is 18.6. The number of para-hydroxylation sites is 1. The molecule has 0 aliphatic rings. The fraction of sp³-hybridized carbons (Fsp3) is 0.794. The molecule has 0 aromatic heterocycles. The summed E-state index contributed by atoms with van der Waals surface area (Å²) >= 11 is 0. The molecule has 1 rings (SSSR count). The van der Waals surface area contributed by atoms with Gasteiger partial charge in [0.1, 0.15) is 18.9 Å². The van der Waals surface area contributed by atoms with Gasteiger partial charge in [0, 0.05) is 5.56 Å².